The molecule has 4 nitrogen and oxygen atoms in total. The fourth-order valence-electron chi connectivity index (χ4n) is 3.16. The molecule has 1 fully saturated rings. The molecule has 0 aromatic heterocycles. The van der Waals surface area contributed by atoms with Gasteiger partial charge >= 0.3 is 6.09 Å². The maximum absolute atomic E-state index is 12.7. The Morgan fingerprint density at radius 2 is 1.68 bits per heavy atom. The molecule has 0 atom stereocenters. The Hall–Kier alpha value is -1.84. The van der Waals surface area contributed by atoms with Gasteiger partial charge in [-0.15, -0.1) is 0 Å². The third kappa shape index (κ3) is 5.87. The highest BCUT2D eigenvalue weighted by Crippen LogP contribution is 2.23. The van der Waals surface area contributed by atoms with Gasteiger partial charge in [-0.05, 0) is 51.5 Å². The van der Waals surface area contributed by atoms with Gasteiger partial charge in [0.2, 0.25) is 0 Å². The molecule has 1 aromatic rings. The fourth-order valence-corrected chi connectivity index (χ4v) is 3.16. The summed E-state index contributed by atoms with van der Waals surface area (Å²) in [5.41, 5.74) is 1.57. The minimum atomic E-state index is -0.485. The zero-order valence-corrected chi connectivity index (χ0v) is 16.2. The first-order chi connectivity index (χ1) is 11.7. The second-order valence-electron chi connectivity index (χ2n) is 8.40. The van der Waals surface area contributed by atoms with Crippen molar-refractivity contribution in [2.75, 3.05) is 13.1 Å². The molecule has 0 N–H and O–H groups in total. The predicted octanol–water partition coefficient (Wildman–Crippen LogP) is 4.71. The van der Waals surface area contributed by atoms with Crippen LogP contribution in [0.3, 0.4) is 0 Å². The van der Waals surface area contributed by atoms with Crippen LogP contribution in [-0.4, -0.2) is 35.5 Å². The lowest BCUT2D eigenvalue weighted by Gasteiger charge is -2.33. The third-order valence-corrected chi connectivity index (χ3v) is 4.40. The lowest BCUT2D eigenvalue weighted by molar-refractivity contribution is 0.0182. The minimum Gasteiger partial charge on any atom is -0.444 e. The Kier molecular flexibility index (Phi) is 6.26. The highest BCUT2D eigenvalue weighted by molar-refractivity contribution is 5.98. The molecular weight excluding hydrogens is 314 g/mol. The lowest BCUT2D eigenvalue weighted by Crippen LogP contribution is -2.43. The number of benzene rings is 1. The van der Waals surface area contributed by atoms with Crippen LogP contribution in [0.4, 0.5) is 4.79 Å². The van der Waals surface area contributed by atoms with Crippen LogP contribution in [-0.2, 0) is 11.2 Å². The summed E-state index contributed by atoms with van der Waals surface area (Å²) < 4.78 is 5.40. The van der Waals surface area contributed by atoms with E-state index in [1.165, 1.54) is 5.56 Å². The summed E-state index contributed by atoms with van der Waals surface area (Å²) in [5, 5.41) is 0. The van der Waals surface area contributed by atoms with Crippen molar-refractivity contribution in [2.45, 2.75) is 59.5 Å². The van der Waals surface area contributed by atoms with E-state index in [4.69, 9.17) is 4.74 Å². The number of Topliss-reactive ketones (excluding diaryl/α,β-unsaturated/α-hetero) is 1. The number of piperidine rings is 1. The second-order valence-corrected chi connectivity index (χ2v) is 8.40. The third-order valence-electron chi connectivity index (χ3n) is 4.40. The first-order valence-corrected chi connectivity index (χ1v) is 9.27. The summed E-state index contributed by atoms with van der Waals surface area (Å²) in [6.07, 6.45) is 2.15. The van der Waals surface area contributed by atoms with E-state index in [1.54, 1.807) is 4.90 Å². The molecule has 138 valence electrons. The van der Waals surface area contributed by atoms with Crippen molar-refractivity contribution in [1.29, 1.82) is 0 Å². The van der Waals surface area contributed by atoms with Crippen LogP contribution in [0.2, 0.25) is 0 Å². The van der Waals surface area contributed by atoms with Gasteiger partial charge in [-0.1, -0.05) is 38.1 Å². The van der Waals surface area contributed by atoms with Crippen molar-refractivity contribution < 1.29 is 14.3 Å². The fraction of sp³-hybridized carbons (Fsp3) is 0.619. The van der Waals surface area contributed by atoms with E-state index in [0.717, 1.165) is 12.0 Å². The average Bonchev–Trinajstić information content (AvgIpc) is 2.53. The Morgan fingerprint density at radius 3 is 2.16 bits per heavy atom. The number of ether oxygens (including phenoxy) is 1. The second kappa shape index (κ2) is 8.03. The molecule has 2 rings (SSSR count). The molecule has 1 saturated heterocycles. The van der Waals surface area contributed by atoms with Gasteiger partial charge in [-0.3, -0.25) is 4.79 Å². The summed E-state index contributed by atoms with van der Waals surface area (Å²) in [6, 6.07) is 8.01. The van der Waals surface area contributed by atoms with Crippen LogP contribution in [0.5, 0.6) is 0 Å². The van der Waals surface area contributed by atoms with Crippen molar-refractivity contribution >= 4 is 11.9 Å². The summed E-state index contributed by atoms with van der Waals surface area (Å²) >= 11 is 0. The monoisotopic (exact) mass is 345 g/mol. The Balaban J connectivity index is 1.89. The van der Waals surface area contributed by atoms with E-state index < -0.39 is 5.60 Å². The summed E-state index contributed by atoms with van der Waals surface area (Å²) in [4.78, 5) is 26.5. The Bertz CT molecular complexity index is 591. The number of nitrogens with zero attached hydrogens (tertiary/aromatic N) is 1. The normalized spacial score (nSPS) is 16.2. The number of rotatable bonds is 4. The molecule has 1 aliphatic heterocycles. The largest absolute Gasteiger partial charge is 0.444 e. The van der Waals surface area contributed by atoms with Crippen LogP contribution in [0.25, 0.3) is 0 Å². The number of hydrogen-bond acceptors (Lipinski definition) is 3. The van der Waals surface area contributed by atoms with Crippen LogP contribution in [0, 0.1) is 11.8 Å². The molecule has 1 aromatic carbocycles. The maximum Gasteiger partial charge on any atom is 0.410 e. The highest BCUT2D eigenvalue weighted by Gasteiger charge is 2.30. The van der Waals surface area contributed by atoms with Crippen molar-refractivity contribution in [2.24, 2.45) is 11.8 Å². The van der Waals surface area contributed by atoms with Crippen molar-refractivity contribution in [1.82, 2.24) is 4.90 Å². The quantitative estimate of drug-likeness (QED) is 0.742. The molecule has 0 bridgehead atoms. The smallest absolute Gasteiger partial charge is 0.410 e. The van der Waals surface area contributed by atoms with Gasteiger partial charge in [0.25, 0.3) is 0 Å². The molecule has 0 saturated carbocycles. The highest BCUT2D eigenvalue weighted by atomic mass is 16.6. The van der Waals surface area contributed by atoms with E-state index in [0.29, 0.717) is 31.8 Å². The molecule has 1 amide bonds. The molecule has 0 unspecified atom stereocenters. The summed E-state index contributed by atoms with van der Waals surface area (Å²) in [5.74, 6) is 0.799. The van der Waals surface area contributed by atoms with Gasteiger partial charge in [-0.25, -0.2) is 4.79 Å². The average molecular weight is 345 g/mol. The van der Waals surface area contributed by atoms with Gasteiger partial charge < -0.3 is 9.64 Å². The first-order valence-electron chi connectivity index (χ1n) is 9.27. The number of carbonyl (C=O) groups excluding carboxylic acids is 2. The Labute approximate surface area is 151 Å². The van der Waals surface area contributed by atoms with E-state index in [-0.39, 0.29) is 17.8 Å². The summed E-state index contributed by atoms with van der Waals surface area (Å²) in [6.45, 7) is 11.1. The van der Waals surface area contributed by atoms with Crippen LogP contribution >= 0.6 is 0 Å². The number of carbonyl (C=O) groups is 2. The van der Waals surface area contributed by atoms with Gasteiger partial charge in [0.15, 0.2) is 5.78 Å². The standard InChI is InChI=1S/C21H31NO3/c1-15(2)14-16-6-8-17(9-7-16)19(23)18-10-12-22(13-11-18)20(24)25-21(3,4)5/h6-9,15,18H,10-14H2,1-5H3. The molecule has 4 heteroatoms. The first kappa shape index (κ1) is 19.5. The molecule has 25 heavy (non-hydrogen) atoms. The van der Waals surface area contributed by atoms with E-state index >= 15 is 0 Å². The van der Waals surface area contributed by atoms with E-state index in [1.807, 2.05) is 32.9 Å². The number of hydrogen-bond donors (Lipinski definition) is 0. The van der Waals surface area contributed by atoms with Crippen LogP contribution in [0.15, 0.2) is 24.3 Å². The van der Waals surface area contributed by atoms with Gasteiger partial charge in [-0.2, -0.15) is 0 Å². The SMILES string of the molecule is CC(C)Cc1ccc(C(=O)C2CCN(C(=O)OC(C)(C)C)CC2)cc1. The van der Waals surface area contributed by atoms with Crippen LogP contribution in [0.1, 0.15) is 63.4 Å². The number of amides is 1. The van der Waals surface area contributed by atoms with Gasteiger partial charge in [0.05, 0.1) is 0 Å². The number of likely N-dealkylation sites (tertiary alicyclic amines) is 1. The van der Waals surface area contributed by atoms with E-state index in [2.05, 4.69) is 26.0 Å². The lowest BCUT2D eigenvalue weighted by atomic mass is 9.88. The molecule has 1 aliphatic rings. The minimum absolute atomic E-state index is 0.00497. The maximum atomic E-state index is 12.7. The van der Waals surface area contributed by atoms with Crippen molar-refractivity contribution in [3.63, 3.8) is 0 Å². The van der Waals surface area contributed by atoms with Crippen molar-refractivity contribution in [3.05, 3.63) is 35.4 Å². The molecular formula is C21H31NO3. The predicted molar refractivity (Wildman–Crippen MR) is 99.8 cm³/mol. The number of ketones is 1. The molecule has 1 heterocycles. The zero-order valence-electron chi connectivity index (χ0n) is 16.2. The van der Waals surface area contributed by atoms with Crippen molar-refractivity contribution in [3.8, 4) is 0 Å². The topological polar surface area (TPSA) is 46.6 Å². The molecule has 0 spiro atoms. The van der Waals surface area contributed by atoms with Crippen LogP contribution < -0.4 is 0 Å². The zero-order chi connectivity index (χ0) is 18.6. The summed E-state index contributed by atoms with van der Waals surface area (Å²) in [7, 11) is 0. The van der Waals surface area contributed by atoms with Gasteiger partial charge in [0.1, 0.15) is 5.60 Å². The molecule has 0 radical (unpaired) electrons. The molecule has 0 aliphatic carbocycles. The van der Waals surface area contributed by atoms with E-state index in [9.17, 15) is 9.59 Å². The van der Waals surface area contributed by atoms with Gasteiger partial charge in [0, 0.05) is 24.6 Å². The Morgan fingerprint density at radius 1 is 1.12 bits per heavy atom.